The molecule has 2 atom stereocenters. The van der Waals surface area contributed by atoms with E-state index in [4.69, 9.17) is 10.5 Å². The van der Waals surface area contributed by atoms with Crippen LogP contribution in [0.2, 0.25) is 0 Å². The molecule has 1 amide bonds. The Morgan fingerprint density at radius 2 is 2.04 bits per heavy atom. The lowest BCUT2D eigenvalue weighted by Gasteiger charge is -2.36. The Morgan fingerprint density at radius 3 is 2.70 bits per heavy atom. The second-order valence-electron chi connectivity index (χ2n) is 5.95. The molecule has 1 fully saturated rings. The van der Waals surface area contributed by atoms with Crippen LogP contribution in [0.3, 0.4) is 0 Å². The van der Waals surface area contributed by atoms with Crippen LogP contribution in [0.1, 0.15) is 30.1 Å². The predicted molar refractivity (Wildman–Crippen MR) is 88.5 cm³/mol. The number of nitrogens with zero attached hydrogens (tertiary/aromatic N) is 2. The van der Waals surface area contributed by atoms with Crippen molar-refractivity contribution in [1.29, 1.82) is 0 Å². The molecule has 1 aromatic carbocycles. The first-order valence-electron chi connectivity index (χ1n) is 7.88. The number of rotatable bonds is 3. The number of amides is 1. The molecule has 2 N–H and O–H groups in total. The van der Waals surface area contributed by atoms with Gasteiger partial charge in [-0.25, -0.2) is 0 Å². The van der Waals surface area contributed by atoms with Crippen molar-refractivity contribution in [1.82, 2.24) is 9.88 Å². The number of pyridine rings is 1. The summed E-state index contributed by atoms with van der Waals surface area (Å²) in [4.78, 5) is 18.5. The lowest BCUT2D eigenvalue weighted by Crippen LogP contribution is -2.48. The van der Waals surface area contributed by atoms with E-state index in [-0.39, 0.29) is 18.0 Å². The number of carbonyl (C=O) groups excluding carboxylic acids is 1. The van der Waals surface area contributed by atoms with E-state index in [0.717, 1.165) is 19.4 Å². The van der Waals surface area contributed by atoms with Crippen LogP contribution in [0.15, 0.2) is 48.8 Å². The van der Waals surface area contributed by atoms with Crippen LogP contribution in [-0.4, -0.2) is 34.4 Å². The number of aromatic nitrogens is 1. The molecule has 2 aromatic rings. The lowest BCUT2D eigenvalue weighted by atomic mass is 9.98. The molecule has 3 rings (SSSR count). The van der Waals surface area contributed by atoms with Crippen LogP contribution >= 0.6 is 0 Å². The maximum Gasteiger partial charge on any atom is 0.254 e. The summed E-state index contributed by atoms with van der Waals surface area (Å²) in [5.74, 6) is 1.41. The van der Waals surface area contributed by atoms with Crippen LogP contribution in [0, 0.1) is 0 Å². The zero-order valence-electron chi connectivity index (χ0n) is 13.2. The van der Waals surface area contributed by atoms with Gasteiger partial charge in [0.2, 0.25) is 0 Å². The lowest BCUT2D eigenvalue weighted by molar-refractivity contribution is 0.0619. The summed E-state index contributed by atoms with van der Waals surface area (Å²) >= 11 is 0. The molecule has 1 aliphatic rings. The van der Waals surface area contributed by atoms with E-state index in [1.165, 1.54) is 0 Å². The number of hydrogen-bond donors (Lipinski definition) is 1. The van der Waals surface area contributed by atoms with Crippen molar-refractivity contribution in [3.05, 3.63) is 54.4 Å². The first kappa shape index (κ1) is 15.5. The van der Waals surface area contributed by atoms with Crippen molar-refractivity contribution in [2.45, 2.75) is 31.8 Å². The predicted octanol–water partition coefficient (Wildman–Crippen LogP) is 2.83. The average molecular weight is 311 g/mol. The van der Waals surface area contributed by atoms with Gasteiger partial charge in [0.1, 0.15) is 11.5 Å². The molecule has 23 heavy (non-hydrogen) atoms. The van der Waals surface area contributed by atoms with Gasteiger partial charge in [0.25, 0.3) is 5.91 Å². The topological polar surface area (TPSA) is 68.5 Å². The van der Waals surface area contributed by atoms with E-state index in [2.05, 4.69) is 11.9 Å². The Kier molecular flexibility index (Phi) is 4.57. The summed E-state index contributed by atoms with van der Waals surface area (Å²) in [5.41, 5.74) is 6.63. The molecule has 1 aromatic heterocycles. The highest BCUT2D eigenvalue weighted by Crippen LogP contribution is 2.23. The zero-order chi connectivity index (χ0) is 16.2. The van der Waals surface area contributed by atoms with Gasteiger partial charge in [-0.15, -0.1) is 0 Å². The number of ether oxygens (including phenoxy) is 1. The third-order valence-electron chi connectivity index (χ3n) is 4.15. The maximum absolute atomic E-state index is 12.6. The van der Waals surface area contributed by atoms with Crippen LogP contribution in [-0.2, 0) is 0 Å². The fraction of sp³-hybridized carbons (Fsp3) is 0.333. The molecule has 0 bridgehead atoms. The fourth-order valence-electron chi connectivity index (χ4n) is 2.89. The summed E-state index contributed by atoms with van der Waals surface area (Å²) in [6, 6.07) is 11.2. The molecule has 1 aliphatic heterocycles. The van der Waals surface area contributed by atoms with Crippen molar-refractivity contribution < 1.29 is 9.53 Å². The number of likely N-dealkylation sites (tertiary alicyclic amines) is 1. The molecule has 0 aliphatic carbocycles. The van der Waals surface area contributed by atoms with Gasteiger partial charge in [-0.05, 0) is 56.2 Å². The van der Waals surface area contributed by atoms with E-state index < -0.39 is 0 Å². The quantitative estimate of drug-likeness (QED) is 0.946. The Bertz CT molecular complexity index is 658. The Hall–Kier alpha value is -2.40. The molecule has 0 spiro atoms. The molecule has 5 heteroatoms. The molecule has 120 valence electrons. The van der Waals surface area contributed by atoms with Gasteiger partial charge in [0.05, 0.1) is 6.20 Å². The molecule has 0 saturated carbocycles. The van der Waals surface area contributed by atoms with Crippen molar-refractivity contribution in [3.8, 4) is 11.5 Å². The maximum atomic E-state index is 12.6. The largest absolute Gasteiger partial charge is 0.456 e. The first-order chi connectivity index (χ1) is 11.1. The first-order valence-corrected chi connectivity index (χ1v) is 7.88. The van der Waals surface area contributed by atoms with Crippen LogP contribution < -0.4 is 10.5 Å². The molecular formula is C18H21N3O2. The molecule has 5 nitrogen and oxygen atoms in total. The van der Waals surface area contributed by atoms with Crippen LogP contribution in [0.4, 0.5) is 0 Å². The summed E-state index contributed by atoms with van der Waals surface area (Å²) < 4.78 is 5.69. The van der Waals surface area contributed by atoms with Gasteiger partial charge >= 0.3 is 0 Å². The van der Waals surface area contributed by atoms with Gasteiger partial charge in [0, 0.05) is 30.4 Å². The number of carbonyl (C=O) groups is 1. The van der Waals surface area contributed by atoms with E-state index in [9.17, 15) is 4.79 Å². The second kappa shape index (κ2) is 6.79. The minimum Gasteiger partial charge on any atom is -0.456 e. The minimum atomic E-state index is 0.0531. The summed E-state index contributed by atoms with van der Waals surface area (Å²) in [6.07, 6.45) is 5.06. The number of benzene rings is 1. The van der Waals surface area contributed by atoms with E-state index in [1.54, 1.807) is 36.7 Å². The molecular weight excluding hydrogens is 290 g/mol. The molecule has 1 saturated heterocycles. The number of nitrogens with two attached hydrogens (primary N) is 1. The highest BCUT2D eigenvalue weighted by atomic mass is 16.5. The SMILES string of the molecule is C[C@H]1C[C@H](N)CCN1C(=O)c1ccc(Oc2cccnc2)cc1. The van der Waals surface area contributed by atoms with E-state index >= 15 is 0 Å². The van der Waals surface area contributed by atoms with Gasteiger partial charge in [-0.2, -0.15) is 0 Å². The molecule has 2 heterocycles. The van der Waals surface area contributed by atoms with Crippen molar-refractivity contribution in [3.63, 3.8) is 0 Å². The summed E-state index contributed by atoms with van der Waals surface area (Å²) in [5, 5.41) is 0. The van der Waals surface area contributed by atoms with Gasteiger partial charge < -0.3 is 15.4 Å². The number of hydrogen-bond acceptors (Lipinski definition) is 4. The van der Waals surface area contributed by atoms with Gasteiger partial charge in [-0.3, -0.25) is 9.78 Å². The summed E-state index contributed by atoms with van der Waals surface area (Å²) in [7, 11) is 0. The van der Waals surface area contributed by atoms with E-state index in [0.29, 0.717) is 17.1 Å². The smallest absolute Gasteiger partial charge is 0.254 e. The Balaban J connectivity index is 1.68. The van der Waals surface area contributed by atoms with Crippen molar-refractivity contribution in [2.24, 2.45) is 5.73 Å². The highest BCUT2D eigenvalue weighted by Gasteiger charge is 2.27. The van der Waals surface area contributed by atoms with Gasteiger partial charge in [-0.1, -0.05) is 0 Å². The monoisotopic (exact) mass is 311 g/mol. The van der Waals surface area contributed by atoms with Gasteiger partial charge in [0.15, 0.2) is 0 Å². The van der Waals surface area contributed by atoms with Crippen LogP contribution in [0.5, 0.6) is 11.5 Å². The Morgan fingerprint density at radius 1 is 1.26 bits per heavy atom. The number of piperidine rings is 1. The fourth-order valence-corrected chi connectivity index (χ4v) is 2.89. The van der Waals surface area contributed by atoms with Crippen LogP contribution in [0.25, 0.3) is 0 Å². The Labute approximate surface area is 136 Å². The third kappa shape index (κ3) is 3.68. The normalized spacial score (nSPS) is 21.0. The average Bonchev–Trinajstić information content (AvgIpc) is 2.56. The summed E-state index contributed by atoms with van der Waals surface area (Å²) in [6.45, 7) is 2.77. The third-order valence-corrected chi connectivity index (χ3v) is 4.15. The van der Waals surface area contributed by atoms with Crippen molar-refractivity contribution in [2.75, 3.05) is 6.54 Å². The zero-order valence-corrected chi connectivity index (χ0v) is 13.2. The second-order valence-corrected chi connectivity index (χ2v) is 5.95. The molecule has 0 unspecified atom stereocenters. The minimum absolute atomic E-state index is 0.0531. The van der Waals surface area contributed by atoms with Crippen molar-refractivity contribution >= 4 is 5.91 Å². The standard InChI is InChI=1S/C18H21N3O2/c1-13-11-15(19)8-10-21(13)18(22)14-4-6-16(7-5-14)23-17-3-2-9-20-12-17/h2-7,9,12-13,15H,8,10-11,19H2,1H3/t13-,15+/m0/s1. The molecule has 0 radical (unpaired) electrons. The van der Waals surface area contributed by atoms with E-state index in [1.807, 2.05) is 17.0 Å². The highest BCUT2D eigenvalue weighted by molar-refractivity contribution is 5.94.